The fourth-order valence-electron chi connectivity index (χ4n) is 2.40. The summed E-state index contributed by atoms with van der Waals surface area (Å²) in [5, 5.41) is 3.39. The van der Waals surface area contributed by atoms with E-state index in [2.05, 4.69) is 31.0 Å². The van der Waals surface area contributed by atoms with Gasteiger partial charge in [-0.15, -0.1) is 0 Å². The molecule has 0 bridgehead atoms. The summed E-state index contributed by atoms with van der Waals surface area (Å²) in [7, 11) is 4.02. The van der Waals surface area contributed by atoms with Gasteiger partial charge in [0.1, 0.15) is 5.82 Å². The normalized spacial score (nSPS) is 11.4. The molecule has 0 saturated carbocycles. The molecular formula is C15H27N3O. The van der Waals surface area contributed by atoms with Gasteiger partial charge in [0, 0.05) is 11.6 Å². The minimum absolute atomic E-state index is 0.126. The Kier molecular flexibility index (Phi) is 5.60. The fourth-order valence-corrected chi connectivity index (χ4v) is 2.40. The molecule has 4 heteroatoms. The van der Waals surface area contributed by atoms with Crippen LogP contribution in [-0.4, -0.2) is 30.2 Å². The van der Waals surface area contributed by atoms with Gasteiger partial charge in [-0.05, 0) is 52.4 Å². The summed E-state index contributed by atoms with van der Waals surface area (Å²) >= 11 is 0. The van der Waals surface area contributed by atoms with Crippen molar-refractivity contribution in [3.05, 3.63) is 27.5 Å². The second-order valence-corrected chi connectivity index (χ2v) is 5.42. The Labute approximate surface area is 116 Å². The van der Waals surface area contributed by atoms with E-state index in [1.807, 2.05) is 31.7 Å². The first-order valence-corrected chi connectivity index (χ1v) is 7.03. The van der Waals surface area contributed by atoms with Gasteiger partial charge in [-0.2, -0.15) is 0 Å². The summed E-state index contributed by atoms with van der Waals surface area (Å²) in [6, 6.07) is 2.23. The van der Waals surface area contributed by atoms with E-state index in [0.717, 1.165) is 36.5 Å². The maximum atomic E-state index is 12.5. The zero-order chi connectivity index (χ0) is 14.6. The maximum absolute atomic E-state index is 12.5. The number of anilines is 1. The SMILES string of the molecule is CCC(CC)n1c(NCN(C)C)c(C)cc(C)c1=O. The molecule has 0 amide bonds. The number of rotatable bonds is 6. The molecule has 108 valence electrons. The van der Waals surface area contributed by atoms with Crippen LogP contribution in [0.15, 0.2) is 10.9 Å². The Morgan fingerprint density at radius 3 is 2.26 bits per heavy atom. The van der Waals surface area contributed by atoms with E-state index in [9.17, 15) is 4.79 Å². The van der Waals surface area contributed by atoms with Crippen LogP contribution in [0.25, 0.3) is 0 Å². The van der Waals surface area contributed by atoms with Crippen LogP contribution < -0.4 is 10.9 Å². The molecule has 0 fully saturated rings. The largest absolute Gasteiger partial charge is 0.358 e. The van der Waals surface area contributed by atoms with Gasteiger partial charge < -0.3 is 5.32 Å². The number of pyridine rings is 1. The summed E-state index contributed by atoms with van der Waals surface area (Å²) < 4.78 is 1.94. The van der Waals surface area contributed by atoms with Crippen LogP contribution in [0.1, 0.15) is 43.9 Å². The predicted molar refractivity (Wildman–Crippen MR) is 82.0 cm³/mol. The highest BCUT2D eigenvalue weighted by Gasteiger charge is 2.16. The van der Waals surface area contributed by atoms with Crippen LogP contribution in [0.2, 0.25) is 0 Å². The molecule has 0 aliphatic carbocycles. The first kappa shape index (κ1) is 15.8. The van der Waals surface area contributed by atoms with Gasteiger partial charge in [-0.1, -0.05) is 13.8 Å². The zero-order valence-electron chi connectivity index (χ0n) is 13.1. The molecule has 0 aliphatic rings. The van der Waals surface area contributed by atoms with Crippen LogP contribution in [0, 0.1) is 13.8 Å². The number of nitrogens with one attached hydrogen (secondary N) is 1. The Morgan fingerprint density at radius 2 is 1.79 bits per heavy atom. The number of nitrogens with zero attached hydrogens (tertiary/aromatic N) is 2. The average molecular weight is 265 g/mol. The molecule has 4 nitrogen and oxygen atoms in total. The zero-order valence-corrected chi connectivity index (χ0v) is 13.1. The average Bonchev–Trinajstić information content (AvgIpc) is 2.35. The second kappa shape index (κ2) is 6.75. The monoisotopic (exact) mass is 265 g/mol. The number of aryl methyl sites for hydroxylation is 2. The fraction of sp³-hybridized carbons (Fsp3) is 0.667. The highest BCUT2D eigenvalue weighted by Crippen LogP contribution is 2.22. The molecule has 1 aromatic rings. The minimum Gasteiger partial charge on any atom is -0.358 e. The van der Waals surface area contributed by atoms with Crippen molar-refractivity contribution in [1.29, 1.82) is 0 Å². The molecule has 0 atom stereocenters. The smallest absolute Gasteiger partial charge is 0.255 e. The van der Waals surface area contributed by atoms with Gasteiger partial charge in [-0.25, -0.2) is 0 Å². The molecule has 0 radical (unpaired) electrons. The lowest BCUT2D eigenvalue weighted by molar-refractivity contribution is 0.427. The number of aromatic nitrogens is 1. The first-order valence-electron chi connectivity index (χ1n) is 7.03. The van der Waals surface area contributed by atoms with Crippen molar-refractivity contribution < 1.29 is 0 Å². The van der Waals surface area contributed by atoms with Crippen molar-refractivity contribution in [2.45, 2.75) is 46.6 Å². The molecule has 1 N–H and O–H groups in total. The molecule has 1 heterocycles. The van der Waals surface area contributed by atoms with Gasteiger partial charge in [0.25, 0.3) is 5.56 Å². The lowest BCUT2D eigenvalue weighted by atomic mass is 10.1. The molecule has 0 aromatic carbocycles. The molecular weight excluding hydrogens is 238 g/mol. The van der Waals surface area contributed by atoms with Crippen LogP contribution in [-0.2, 0) is 0 Å². The summed E-state index contributed by atoms with van der Waals surface area (Å²) in [5.41, 5.74) is 2.08. The molecule has 1 rings (SSSR count). The highest BCUT2D eigenvalue weighted by atomic mass is 16.1. The molecule has 0 aliphatic heterocycles. The Morgan fingerprint density at radius 1 is 1.21 bits per heavy atom. The Hall–Kier alpha value is -1.29. The molecule has 0 unspecified atom stereocenters. The maximum Gasteiger partial charge on any atom is 0.255 e. The van der Waals surface area contributed by atoms with E-state index < -0.39 is 0 Å². The van der Waals surface area contributed by atoms with E-state index in [4.69, 9.17) is 0 Å². The van der Waals surface area contributed by atoms with E-state index >= 15 is 0 Å². The molecule has 0 saturated heterocycles. The lowest BCUT2D eigenvalue weighted by Gasteiger charge is -2.25. The van der Waals surface area contributed by atoms with Crippen molar-refractivity contribution in [2.75, 3.05) is 26.1 Å². The molecule has 0 spiro atoms. The topological polar surface area (TPSA) is 37.3 Å². The predicted octanol–water partition coefficient (Wildman–Crippen LogP) is 2.76. The third-order valence-electron chi connectivity index (χ3n) is 3.47. The third-order valence-corrected chi connectivity index (χ3v) is 3.47. The lowest BCUT2D eigenvalue weighted by Crippen LogP contribution is -2.31. The van der Waals surface area contributed by atoms with Crippen molar-refractivity contribution in [1.82, 2.24) is 9.47 Å². The van der Waals surface area contributed by atoms with E-state index in [1.165, 1.54) is 0 Å². The highest BCUT2D eigenvalue weighted by molar-refractivity contribution is 5.46. The summed E-state index contributed by atoms with van der Waals surface area (Å²) in [6.45, 7) is 8.94. The number of hydrogen-bond acceptors (Lipinski definition) is 3. The van der Waals surface area contributed by atoms with Gasteiger partial charge >= 0.3 is 0 Å². The van der Waals surface area contributed by atoms with Crippen molar-refractivity contribution >= 4 is 5.82 Å². The summed E-state index contributed by atoms with van der Waals surface area (Å²) in [5.74, 6) is 0.956. The Bertz CT molecular complexity index is 473. The van der Waals surface area contributed by atoms with E-state index in [-0.39, 0.29) is 11.6 Å². The van der Waals surface area contributed by atoms with Crippen molar-refractivity contribution in [2.24, 2.45) is 0 Å². The van der Waals surface area contributed by atoms with Crippen LogP contribution in [0.4, 0.5) is 5.82 Å². The standard InChI is InChI=1S/C15H27N3O/c1-7-13(8-2)18-14(16-10-17(5)6)11(3)9-12(4)15(18)19/h9,13,16H,7-8,10H2,1-6H3. The number of hydrogen-bond donors (Lipinski definition) is 1. The Balaban J connectivity index is 3.33. The summed E-state index contributed by atoms with van der Waals surface area (Å²) in [4.78, 5) is 14.5. The van der Waals surface area contributed by atoms with Gasteiger partial charge in [0.15, 0.2) is 0 Å². The van der Waals surface area contributed by atoms with Crippen molar-refractivity contribution in [3.8, 4) is 0 Å². The van der Waals surface area contributed by atoms with Crippen LogP contribution in [0.5, 0.6) is 0 Å². The second-order valence-electron chi connectivity index (χ2n) is 5.42. The quantitative estimate of drug-likeness (QED) is 0.804. The van der Waals surface area contributed by atoms with Gasteiger partial charge in [0.05, 0.1) is 6.67 Å². The summed E-state index contributed by atoms with van der Waals surface area (Å²) in [6.07, 6.45) is 1.94. The van der Waals surface area contributed by atoms with Crippen molar-refractivity contribution in [3.63, 3.8) is 0 Å². The molecule has 1 aromatic heterocycles. The van der Waals surface area contributed by atoms with Crippen LogP contribution >= 0.6 is 0 Å². The first-order chi connectivity index (χ1) is 8.92. The third kappa shape index (κ3) is 3.60. The van der Waals surface area contributed by atoms with E-state index in [1.54, 1.807) is 0 Å². The minimum atomic E-state index is 0.126. The molecule has 19 heavy (non-hydrogen) atoms. The van der Waals surface area contributed by atoms with Gasteiger partial charge in [-0.3, -0.25) is 14.3 Å². The van der Waals surface area contributed by atoms with E-state index in [0.29, 0.717) is 0 Å². The van der Waals surface area contributed by atoms with Crippen LogP contribution in [0.3, 0.4) is 0 Å². The van der Waals surface area contributed by atoms with Gasteiger partial charge in [0.2, 0.25) is 0 Å².